The number of fused-ring (bicyclic) bond motifs is 3. The fraction of sp³-hybridized carbons (Fsp3) is 0.429. The van der Waals surface area contributed by atoms with Gasteiger partial charge in [-0.25, -0.2) is 4.39 Å². The number of halogens is 3. The summed E-state index contributed by atoms with van der Waals surface area (Å²) in [7, 11) is 0. The molecule has 1 fully saturated rings. The van der Waals surface area contributed by atoms with Crippen LogP contribution in [0.1, 0.15) is 17.7 Å². The molecule has 3 nitrogen and oxygen atoms in total. The summed E-state index contributed by atoms with van der Waals surface area (Å²) in [6.45, 7) is 1.25. The molecule has 0 saturated carbocycles. The van der Waals surface area contributed by atoms with Gasteiger partial charge < -0.3 is 14.5 Å². The van der Waals surface area contributed by atoms with Crippen LogP contribution in [-0.2, 0) is 22.3 Å². The molecule has 0 radical (unpaired) electrons. The minimum atomic E-state index is -0.530. The summed E-state index contributed by atoms with van der Waals surface area (Å²) in [4.78, 5) is 3.17. The maximum Gasteiger partial charge on any atom is 0.172 e. The Morgan fingerprint density at radius 3 is 2.85 bits per heavy atom. The summed E-state index contributed by atoms with van der Waals surface area (Å²) in [6.07, 6.45) is 2.22. The predicted molar refractivity (Wildman–Crippen MR) is 77.6 cm³/mol. The molecule has 0 amide bonds. The van der Waals surface area contributed by atoms with Crippen LogP contribution in [0.3, 0.4) is 0 Å². The summed E-state index contributed by atoms with van der Waals surface area (Å²) in [6, 6.07) is 1.60. The average molecular weight is 361 g/mol. The molecule has 2 heterocycles. The molecule has 1 spiro atoms. The van der Waals surface area contributed by atoms with E-state index >= 15 is 0 Å². The standard InChI is InChI=1S/C14H12BrClFNO2/c15-8-5-9(16)12(17)13-11(8)7-6-14(19-3-4-20-14)2-1-10(7)18-13/h5,18H,1-4,6H2. The SMILES string of the molecule is Fc1c(Cl)cc(Br)c2c3c([nH]c12)CCC1(C3)OCCO1. The summed E-state index contributed by atoms with van der Waals surface area (Å²) >= 11 is 9.39. The van der Waals surface area contributed by atoms with Gasteiger partial charge in [-0.1, -0.05) is 27.5 Å². The van der Waals surface area contributed by atoms with Crippen LogP contribution >= 0.6 is 27.5 Å². The Kier molecular flexibility index (Phi) is 2.90. The molecule has 6 heteroatoms. The van der Waals surface area contributed by atoms with Crippen molar-refractivity contribution in [2.75, 3.05) is 13.2 Å². The molecular weight excluding hydrogens is 349 g/mol. The van der Waals surface area contributed by atoms with E-state index in [-0.39, 0.29) is 5.02 Å². The van der Waals surface area contributed by atoms with Crippen molar-refractivity contribution in [1.29, 1.82) is 0 Å². The van der Waals surface area contributed by atoms with Crippen LogP contribution in [0.15, 0.2) is 10.5 Å². The number of hydrogen-bond donors (Lipinski definition) is 1. The van der Waals surface area contributed by atoms with E-state index in [4.69, 9.17) is 21.1 Å². The number of H-pyrrole nitrogens is 1. The highest BCUT2D eigenvalue weighted by molar-refractivity contribution is 9.10. The lowest BCUT2D eigenvalue weighted by molar-refractivity contribution is -0.163. The minimum absolute atomic E-state index is 0.117. The molecule has 0 bridgehead atoms. The molecule has 1 aliphatic carbocycles. The van der Waals surface area contributed by atoms with Gasteiger partial charge in [0.1, 0.15) is 0 Å². The number of ether oxygens (including phenoxy) is 2. The number of nitrogens with one attached hydrogen (secondary N) is 1. The number of rotatable bonds is 0. The molecule has 1 aromatic heterocycles. The molecule has 4 rings (SSSR count). The predicted octanol–water partition coefficient (Wildman–Crippen LogP) is 3.95. The van der Waals surface area contributed by atoms with Crippen LogP contribution in [0.2, 0.25) is 5.02 Å². The second kappa shape index (κ2) is 4.44. The van der Waals surface area contributed by atoms with Gasteiger partial charge in [-0.15, -0.1) is 0 Å². The van der Waals surface area contributed by atoms with Gasteiger partial charge in [0.05, 0.1) is 23.8 Å². The van der Waals surface area contributed by atoms with Crippen LogP contribution in [0, 0.1) is 5.82 Å². The highest BCUT2D eigenvalue weighted by atomic mass is 79.9. The molecule has 1 saturated heterocycles. The van der Waals surface area contributed by atoms with Gasteiger partial charge in [-0.3, -0.25) is 0 Å². The highest BCUT2D eigenvalue weighted by Crippen LogP contribution is 2.42. The average Bonchev–Trinajstić information content (AvgIpc) is 3.01. The second-order valence-electron chi connectivity index (χ2n) is 5.27. The van der Waals surface area contributed by atoms with E-state index < -0.39 is 11.6 Å². The summed E-state index contributed by atoms with van der Waals surface area (Å²) in [5.41, 5.74) is 2.58. The van der Waals surface area contributed by atoms with E-state index in [9.17, 15) is 4.39 Å². The largest absolute Gasteiger partial charge is 0.356 e. The van der Waals surface area contributed by atoms with Crippen molar-refractivity contribution in [3.8, 4) is 0 Å². The minimum Gasteiger partial charge on any atom is -0.356 e. The van der Waals surface area contributed by atoms with Crippen LogP contribution in [0.5, 0.6) is 0 Å². The molecule has 1 aliphatic heterocycles. The van der Waals surface area contributed by atoms with Crippen molar-refractivity contribution in [2.45, 2.75) is 25.0 Å². The van der Waals surface area contributed by atoms with Crippen molar-refractivity contribution in [2.24, 2.45) is 0 Å². The van der Waals surface area contributed by atoms with E-state index in [2.05, 4.69) is 20.9 Å². The van der Waals surface area contributed by atoms with Crippen molar-refractivity contribution in [3.63, 3.8) is 0 Å². The zero-order valence-corrected chi connectivity index (χ0v) is 12.9. The third-order valence-electron chi connectivity index (χ3n) is 4.13. The zero-order chi connectivity index (χ0) is 13.9. The van der Waals surface area contributed by atoms with Gasteiger partial charge in [-0.2, -0.15) is 0 Å². The smallest absolute Gasteiger partial charge is 0.172 e. The van der Waals surface area contributed by atoms with E-state index in [0.29, 0.717) is 25.2 Å². The molecule has 1 N–H and O–H groups in total. The van der Waals surface area contributed by atoms with E-state index in [1.54, 1.807) is 6.07 Å². The molecule has 2 aromatic rings. The van der Waals surface area contributed by atoms with Gasteiger partial charge in [0, 0.05) is 28.4 Å². The Balaban J connectivity index is 1.93. The Bertz CT molecular complexity index is 709. The van der Waals surface area contributed by atoms with Crippen LogP contribution < -0.4 is 0 Å². The Morgan fingerprint density at radius 1 is 1.35 bits per heavy atom. The number of aryl methyl sites for hydroxylation is 1. The Morgan fingerprint density at radius 2 is 2.10 bits per heavy atom. The third kappa shape index (κ3) is 1.77. The second-order valence-corrected chi connectivity index (χ2v) is 6.53. The lowest BCUT2D eigenvalue weighted by atomic mass is 9.90. The normalized spacial score (nSPS) is 20.8. The van der Waals surface area contributed by atoms with Crippen LogP contribution in [0.25, 0.3) is 10.9 Å². The number of hydrogen-bond acceptors (Lipinski definition) is 2. The first-order valence-corrected chi connectivity index (χ1v) is 7.72. The number of aromatic amines is 1. The van der Waals surface area contributed by atoms with E-state index in [0.717, 1.165) is 34.0 Å². The molecule has 2 aliphatic rings. The summed E-state index contributed by atoms with van der Waals surface area (Å²) in [5, 5.41) is 0.964. The van der Waals surface area contributed by atoms with Gasteiger partial charge in [0.15, 0.2) is 11.6 Å². The fourth-order valence-electron chi connectivity index (χ4n) is 3.21. The van der Waals surface area contributed by atoms with E-state index in [1.807, 2.05) is 0 Å². The van der Waals surface area contributed by atoms with Crippen molar-refractivity contribution in [1.82, 2.24) is 4.98 Å². The van der Waals surface area contributed by atoms with Gasteiger partial charge in [0.25, 0.3) is 0 Å². The molecular formula is C14H12BrClFNO2. The highest BCUT2D eigenvalue weighted by Gasteiger charge is 2.41. The number of aromatic nitrogens is 1. The van der Waals surface area contributed by atoms with Gasteiger partial charge in [-0.05, 0) is 18.1 Å². The quantitative estimate of drug-likeness (QED) is 0.722. The molecule has 0 atom stereocenters. The molecule has 106 valence electrons. The van der Waals surface area contributed by atoms with Crippen molar-refractivity contribution >= 4 is 38.4 Å². The summed E-state index contributed by atoms with van der Waals surface area (Å²) < 4.78 is 26.5. The first-order valence-electron chi connectivity index (χ1n) is 6.54. The Hall–Kier alpha value is -0.620. The first kappa shape index (κ1) is 13.1. The van der Waals surface area contributed by atoms with Gasteiger partial charge in [0.2, 0.25) is 0 Å². The molecule has 0 unspecified atom stereocenters. The maximum absolute atomic E-state index is 14.2. The first-order chi connectivity index (χ1) is 9.60. The fourth-order valence-corrected chi connectivity index (χ4v) is 4.21. The van der Waals surface area contributed by atoms with Crippen LogP contribution in [0.4, 0.5) is 4.39 Å². The summed E-state index contributed by atoms with van der Waals surface area (Å²) in [5.74, 6) is -0.931. The lowest BCUT2D eigenvalue weighted by Crippen LogP contribution is -2.36. The van der Waals surface area contributed by atoms with Crippen LogP contribution in [-0.4, -0.2) is 24.0 Å². The lowest BCUT2D eigenvalue weighted by Gasteiger charge is -2.31. The van der Waals surface area contributed by atoms with E-state index in [1.165, 1.54) is 0 Å². The zero-order valence-electron chi connectivity index (χ0n) is 10.6. The number of benzene rings is 1. The topological polar surface area (TPSA) is 34.2 Å². The van der Waals surface area contributed by atoms with Crippen molar-refractivity contribution < 1.29 is 13.9 Å². The molecule has 1 aromatic carbocycles. The third-order valence-corrected chi connectivity index (χ3v) is 5.03. The van der Waals surface area contributed by atoms with Crippen molar-refractivity contribution in [3.05, 3.63) is 32.6 Å². The maximum atomic E-state index is 14.2. The Labute approximate surface area is 128 Å². The van der Waals surface area contributed by atoms with Gasteiger partial charge >= 0.3 is 0 Å². The molecule has 20 heavy (non-hydrogen) atoms. The monoisotopic (exact) mass is 359 g/mol.